The van der Waals surface area contributed by atoms with Crippen LogP contribution >= 0.6 is 0 Å². The zero-order chi connectivity index (χ0) is 11.4. The van der Waals surface area contributed by atoms with Gasteiger partial charge in [0.05, 0.1) is 0 Å². The number of hydrogen-bond donors (Lipinski definition) is 1. The molecule has 0 aliphatic carbocycles. The standard InChI is InChI=1S/C13H28N2/c1-6-14-12(4)13(5)15-8-7-10(2)9-11(15)3/h10-14H,6-9H2,1-5H3. The van der Waals surface area contributed by atoms with Crippen LogP contribution in [-0.2, 0) is 0 Å². The third kappa shape index (κ3) is 3.46. The van der Waals surface area contributed by atoms with Crippen LogP contribution in [0.15, 0.2) is 0 Å². The minimum absolute atomic E-state index is 0.603. The van der Waals surface area contributed by atoms with E-state index in [-0.39, 0.29) is 0 Å². The second-order valence-electron chi connectivity index (χ2n) is 5.30. The number of piperidine rings is 1. The zero-order valence-corrected chi connectivity index (χ0v) is 11.1. The van der Waals surface area contributed by atoms with Gasteiger partial charge in [-0.05, 0) is 52.6 Å². The van der Waals surface area contributed by atoms with Crippen LogP contribution in [0.5, 0.6) is 0 Å². The molecule has 0 aromatic heterocycles. The van der Waals surface area contributed by atoms with E-state index in [0.717, 1.165) is 18.5 Å². The molecule has 0 saturated carbocycles. The molecule has 4 atom stereocenters. The van der Waals surface area contributed by atoms with E-state index in [2.05, 4.69) is 44.8 Å². The van der Waals surface area contributed by atoms with Gasteiger partial charge in [-0.15, -0.1) is 0 Å². The fourth-order valence-corrected chi connectivity index (χ4v) is 2.81. The van der Waals surface area contributed by atoms with E-state index in [0.29, 0.717) is 12.1 Å². The SMILES string of the molecule is CCNC(C)C(C)N1CCC(C)CC1C. The molecule has 90 valence electrons. The second-order valence-corrected chi connectivity index (χ2v) is 5.30. The number of rotatable bonds is 4. The maximum absolute atomic E-state index is 3.53. The molecule has 1 N–H and O–H groups in total. The van der Waals surface area contributed by atoms with E-state index >= 15 is 0 Å². The van der Waals surface area contributed by atoms with Crippen molar-refractivity contribution in [3.63, 3.8) is 0 Å². The minimum atomic E-state index is 0.603. The van der Waals surface area contributed by atoms with Gasteiger partial charge in [-0.1, -0.05) is 13.8 Å². The average molecular weight is 212 g/mol. The first-order valence-electron chi connectivity index (χ1n) is 6.55. The van der Waals surface area contributed by atoms with E-state index in [4.69, 9.17) is 0 Å². The molecule has 0 aromatic rings. The lowest BCUT2D eigenvalue weighted by atomic mass is 9.91. The fraction of sp³-hybridized carbons (Fsp3) is 1.00. The van der Waals surface area contributed by atoms with Gasteiger partial charge in [0, 0.05) is 18.1 Å². The molecule has 1 aliphatic heterocycles. The highest BCUT2D eigenvalue weighted by Crippen LogP contribution is 2.24. The molecule has 1 aliphatic rings. The molecule has 0 radical (unpaired) electrons. The van der Waals surface area contributed by atoms with Crippen molar-refractivity contribution in [2.45, 2.75) is 65.6 Å². The van der Waals surface area contributed by atoms with Crippen LogP contribution in [0.3, 0.4) is 0 Å². The first-order valence-corrected chi connectivity index (χ1v) is 6.55. The summed E-state index contributed by atoms with van der Waals surface area (Å²) in [6.07, 6.45) is 2.73. The maximum atomic E-state index is 3.53. The van der Waals surface area contributed by atoms with Gasteiger partial charge in [-0.3, -0.25) is 4.90 Å². The Morgan fingerprint density at radius 2 is 2.00 bits per heavy atom. The van der Waals surface area contributed by atoms with Gasteiger partial charge in [-0.25, -0.2) is 0 Å². The Hall–Kier alpha value is -0.0800. The third-order valence-corrected chi connectivity index (χ3v) is 3.96. The van der Waals surface area contributed by atoms with Crippen molar-refractivity contribution < 1.29 is 0 Å². The van der Waals surface area contributed by atoms with E-state index < -0.39 is 0 Å². The van der Waals surface area contributed by atoms with Crippen LogP contribution in [0.1, 0.15) is 47.5 Å². The van der Waals surface area contributed by atoms with Crippen LogP contribution in [0.4, 0.5) is 0 Å². The number of hydrogen-bond acceptors (Lipinski definition) is 2. The summed E-state index contributed by atoms with van der Waals surface area (Å²) in [5, 5.41) is 3.53. The van der Waals surface area contributed by atoms with Crippen LogP contribution in [0.2, 0.25) is 0 Å². The molecule has 0 amide bonds. The third-order valence-electron chi connectivity index (χ3n) is 3.96. The van der Waals surface area contributed by atoms with Crippen LogP contribution in [-0.4, -0.2) is 36.1 Å². The molecule has 1 fully saturated rings. The quantitative estimate of drug-likeness (QED) is 0.770. The molecule has 4 unspecified atom stereocenters. The van der Waals surface area contributed by atoms with Gasteiger partial charge in [0.1, 0.15) is 0 Å². The smallest absolute Gasteiger partial charge is 0.0221 e. The Morgan fingerprint density at radius 1 is 1.33 bits per heavy atom. The van der Waals surface area contributed by atoms with E-state index in [9.17, 15) is 0 Å². The van der Waals surface area contributed by atoms with Crippen LogP contribution in [0, 0.1) is 5.92 Å². The lowest BCUT2D eigenvalue weighted by Gasteiger charge is -2.42. The van der Waals surface area contributed by atoms with Gasteiger partial charge < -0.3 is 5.32 Å². The summed E-state index contributed by atoms with van der Waals surface area (Å²) in [6.45, 7) is 14.0. The van der Waals surface area contributed by atoms with Crippen LogP contribution < -0.4 is 5.32 Å². The molecular weight excluding hydrogens is 184 g/mol. The van der Waals surface area contributed by atoms with Crippen molar-refractivity contribution in [2.75, 3.05) is 13.1 Å². The summed E-state index contributed by atoms with van der Waals surface area (Å²) in [5.74, 6) is 0.915. The largest absolute Gasteiger partial charge is 0.313 e. The Labute approximate surface area is 95.4 Å². The fourth-order valence-electron chi connectivity index (χ4n) is 2.81. The topological polar surface area (TPSA) is 15.3 Å². The zero-order valence-electron chi connectivity index (χ0n) is 11.1. The van der Waals surface area contributed by atoms with Crippen molar-refractivity contribution in [1.82, 2.24) is 10.2 Å². The van der Waals surface area contributed by atoms with Gasteiger partial charge in [-0.2, -0.15) is 0 Å². The predicted molar refractivity (Wildman–Crippen MR) is 67.2 cm³/mol. The molecule has 15 heavy (non-hydrogen) atoms. The van der Waals surface area contributed by atoms with Crippen molar-refractivity contribution in [3.05, 3.63) is 0 Å². The number of likely N-dealkylation sites (tertiary alicyclic amines) is 1. The van der Waals surface area contributed by atoms with E-state index in [1.54, 1.807) is 0 Å². The Balaban J connectivity index is 2.47. The highest BCUT2D eigenvalue weighted by molar-refractivity contribution is 4.85. The number of nitrogens with one attached hydrogen (secondary N) is 1. The summed E-state index contributed by atoms with van der Waals surface area (Å²) in [4.78, 5) is 2.67. The minimum Gasteiger partial charge on any atom is -0.313 e. The van der Waals surface area contributed by atoms with E-state index in [1.165, 1.54) is 19.4 Å². The second kappa shape index (κ2) is 5.86. The molecule has 1 heterocycles. The van der Waals surface area contributed by atoms with Crippen molar-refractivity contribution in [2.24, 2.45) is 5.92 Å². The van der Waals surface area contributed by atoms with Gasteiger partial charge in [0.25, 0.3) is 0 Å². The summed E-state index contributed by atoms with van der Waals surface area (Å²) in [6, 6.07) is 2.02. The Kier molecular flexibility index (Phi) is 5.07. The van der Waals surface area contributed by atoms with Gasteiger partial charge in [0.15, 0.2) is 0 Å². The summed E-state index contributed by atoms with van der Waals surface area (Å²) < 4.78 is 0. The van der Waals surface area contributed by atoms with E-state index in [1.807, 2.05) is 0 Å². The molecule has 1 saturated heterocycles. The van der Waals surface area contributed by atoms with Crippen molar-refractivity contribution in [1.29, 1.82) is 0 Å². The first kappa shape index (κ1) is 13.0. The molecule has 1 rings (SSSR count). The Bertz CT molecular complexity index is 181. The Morgan fingerprint density at radius 3 is 2.53 bits per heavy atom. The molecule has 0 aromatic carbocycles. The average Bonchev–Trinajstić information content (AvgIpc) is 2.17. The summed E-state index contributed by atoms with van der Waals surface area (Å²) in [5.41, 5.74) is 0. The summed E-state index contributed by atoms with van der Waals surface area (Å²) in [7, 11) is 0. The monoisotopic (exact) mass is 212 g/mol. The highest BCUT2D eigenvalue weighted by atomic mass is 15.2. The van der Waals surface area contributed by atoms with Crippen molar-refractivity contribution in [3.8, 4) is 0 Å². The summed E-state index contributed by atoms with van der Waals surface area (Å²) >= 11 is 0. The molecule has 2 nitrogen and oxygen atoms in total. The number of nitrogens with zero attached hydrogens (tertiary/aromatic N) is 1. The number of likely N-dealkylation sites (N-methyl/N-ethyl adjacent to an activating group) is 1. The maximum Gasteiger partial charge on any atom is 0.0221 e. The van der Waals surface area contributed by atoms with Crippen LogP contribution in [0.25, 0.3) is 0 Å². The normalized spacial score (nSPS) is 32.6. The highest BCUT2D eigenvalue weighted by Gasteiger charge is 2.28. The molecule has 2 heteroatoms. The molecular formula is C13H28N2. The lowest BCUT2D eigenvalue weighted by Crippen LogP contribution is -2.53. The predicted octanol–water partition coefficient (Wildman–Crippen LogP) is 2.49. The van der Waals surface area contributed by atoms with Gasteiger partial charge >= 0.3 is 0 Å². The van der Waals surface area contributed by atoms with Crippen molar-refractivity contribution >= 4 is 0 Å². The van der Waals surface area contributed by atoms with Gasteiger partial charge in [0.2, 0.25) is 0 Å². The molecule has 0 bridgehead atoms. The lowest BCUT2D eigenvalue weighted by molar-refractivity contribution is 0.0737. The molecule has 0 spiro atoms. The first-order chi connectivity index (χ1) is 7.06.